The van der Waals surface area contributed by atoms with Crippen LogP contribution in [0.2, 0.25) is 5.02 Å². The first kappa shape index (κ1) is 18.7. The Labute approximate surface area is 171 Å². The molecule has 1 aliphatic heterocycles. The number of hydrogen-bond acceptors (Lipinski definition) is 4. The third-order valence-electron chi connectivity index (χ3n) is 4.44. The number of benzene rings is 2. The molecular weight excluding hydrogens is 392 g/mol. The number of furan rings is 1. The van der Waals surface area contributed by atoms with Crippen molar-refractivity contribution < 1.29 is 19.1 Å². The van der Waals surface area contributed by atoms with E-state index in [-0.39, 0.29) is 11.5 Å². The zero-order chi connectivity index (χ0) is 20.5. The zero-order valence-corrected chi connectivity index (χ0v) is 16.1. The van der Waals surface area contributed by atoms with Crippen LogP contribution in [0.1, 0.15) is 23.0 Å². The summed E-state index contributed by atoms with van der Waals surface area (Å²) in [6, 6.07) is 16.8. The number of rotatable bonds is 4. The molecule has 0 spiro atoms. The van der Waals surface area contributed by atoms with Gasteiger partial charge in [0.2, 0.25) is 0 Å². The largest absolute Gasteiger partial charge is 0.478 e. The highest BCUT2D eigenvalue weighted by molar-refractivity contribution is 6.32. The Bertz CT molecular complexity index is 1180. The fourth-order valence-corrected chi connectivity index (χ4v) is 3.10. The summed E-state index contributed by atoms with van der Waals surface area (Å²) >= 11 is 5.90. The van der Waals surface area contributed by atoms with E-state index in [9.17, 15) is 9.59 Å². The Balaban J connectivity index is 1.61. The van der Waals surface area contributed by atoms with E-state index < -0.39 is 5.97 Å². The fourth-order valence-electron chi connectivity index (χ4n) is 2.97. The number of nitrogens with zero attached hydrogens (tertiary/aromatic N) is 2. The molecule has 4 rings (SSSR count). The van der Waals surface area contributed by atoms with Crippen LogP contribution in [0, 0.1) is 0 Å². The average molecular weight is 407 g/mol. The lowest BCUT2D eigenvalue weighted by Crippen LogP contribution is -2.21. The van der Waals surface area contributed by atoms with Crippen LogP contribution >= 0.6 is 11.6 Å². The van der Waals surface area contributed by atoms with E-state index in [2.05, 4.69) is 5.10 Å². The minimum Gasteiger partial charge on any atom is -0.478 e. The van der Waals surface area contributed by atoms with E-state index in [1.54, 1.807) is 61.5 Å². The third-order valence-corrected chi connectivity index (χ3v) is 4.69. The monoisotopic (exact) mass is 406 g/mol. The van der Waals surface area contributed by atoms with Crippen LogP contribution in [0.3, 0.4) is 0 Å². The summed E-state index contributed by atoms with van der Waals surface area (Å²) in [7, 11) is 0. The molecule has 1 amide bonds. The second-order valence-corrected chi connectivity index (χ2v) is 6.86. The number of carbonyl (C=O) groups excluding carboxylic acids is 1. The van der Waals surface area contributed by atoms with Crippen molar-refractivity contribution in [2.24, 2.45) is 5.10 Å². The molecule has 144 valence electrons. The van der Waals surface area contributed by atoms with Gasteiger partial charge in [-0.15, -0.1) is 0 Å². The van der Waals surface area contributed by atoms with Gasteiger partial charge in [0.25, 0.3) is 5.91 Å². The zero-order valence-electron chi connectivity index (χ0n) is 15.3. The molecule has 1 N–H and O–H groups in total. The van der Waals surface area contributed by atoms with Gasteiger partial charge in [0, 0.05) is 10.6 Å². The smallest absolute Gasteiger partial charge is 0.335 e. The van der Waals surface area contributed by atoms with Gasteiger partial charge in [-0.2, -0.15) is 10.1 Å². The molecule has 0 unspecified atom stereocenters. The van der Waals surface area contributed by atoms with Crippen LogP contribution in [-0.4, -0.2) is 22.7 Å². The van der Waals surface area contributed by atoms with Crippen molar-refractivity contribution in [3.8, 4) is 11.3 Å². The van der Waals surface area contributed by atoms with Crippen molar-refractivity contribution in [3.63, 3.8) is 0 Å². The van der Waals surface area contributed by atoms with E-state index in [1.165, 1.54) is 17.1 Å². The molecule has 2 aromatic carbocycles. The molecule has 0 fully saturated rings. The van der Waals surface area contributed by atoms with Crippen molar-refractivity contribution in [3.05, 3.63) is 82.6 Å². The summed E-state index contributed by atoms with van der Waals surface area (Å²) in [5.74, 6) is -0.298. The van der Waals surface area contributed by atoms with E-state index in [4.69, 9.17) is 21.1 Å². The molecule has 0 radical (unpaired) electrons. The maximum atomic E-state index is 12.8. The normalized spacial score (nSPS) is 15.1. The molecule has 2 heterocycles. The molecule has 0 bridgehead atoms. The third kappa shape index (κ3) is 3.70. The Hall–Kier alpha value is -3.64. The van der Waals surface area contributed by atoms with Gasteiger partial charge in [-0.05, 0) is 61.5 Å². The van der Waals surface area contributed by atoms with E-state index in [0.717, 1.165) is 0 Å². The molecule has 29 heavy (non-hydrogen) atoms. The summed E-state index contributed by atoms with van der Waals surface area (Å²) in [6.07, 6.45) is 1.63. The van der Waals surface area contributed by atoms with Gasteiger partial charge >= 0.3 is 5.97 Å². The maximum Gasteiger partial charge on any atom is 0.335 e. The summed E-state index contributed by atoms with van der Waals surface area (Å²) in [4.78, 5) is 24.0. The quantitative estimate of drug-likeness (QED) is 0.610. The Kier molecular flexibility index (Phi) is 4.78. The lowest BCUT2D eigenvalue weighted by Gasteiger charge is -2.11. The molecule has 6 nitrogen and oxygen atoms in total. The van der Waals surface area contributed by atoms with Crippen LogP contribution in [-0.2, 0) is 4.79 Å². The van der Waals surface area contributed by atoms with Gasteiger partial charge < -0.3 is 9.52 Å². The standard InChI is InChI=1S/C22H15ClN2O4/c1-13-19(21(26)25(24-13)17-7-5-16(23)6-8-17)12-18-9-10-20(29-18)14-3-2-4-15(11-14)22(27)28/h2-12H,1H3,(H,27,28). The van der Waals surface area contributed by atoms with E-state index in [1.807, 2.05) is 0 Å². The van der Waals surface area contributed by atoms with Crippen LogP contribution in [0.15, 0.2) is 75.8 Å². The van der Waals surface area contributed by atoms with Gasteiger partial charge in [0.05, 0.1) is 22.5 Å². The summed E-state index contributed by atoms with van der Waals surface area (Å²) in [6.45, 7) is 1.75. The minimum absolute atomic E-state index is 0.173. The fraction of sp³-hybridized carbons (Fsp3) is 0.0455. The highest BCUT2D eigenvalue weighted by Crippen LogP contribution is 2.28. The number of carboxylic acids is 1. The van der Waals surface area contributed by atoms with E-state index >= 15 is 0 Å². The van der Waals surface area contributed by atoms with Gasteiger partial charge in [-0.1, -0.05) is 23.7 Å². The van der Waals surface area contributed by atoms with Crippen molar-refractivity contribution in [2.45, 2.75) is 6.92 Å². The Morgan fingerprint density at radius 2 is 1.90 bits per heavy atom. The molecule has 1 aromatic heterocycles. The number of halogens is 1. The lowest BCUT2D eigenvalue weighted by molar-refractivity contribution is -0.114. The second-order valence-electron chi connectivity index (χ2n) is 6.42. The predicted molar refractivity (Wildman–Crippen MR) is 111 cm³/mol. The number of aromatic carboxylic acids is 1. The van der Waals surface area contributed by atoms with Crippen molar-refractivity contribution in [1.82, 2.24) is 0 Å². The summed E-state index contributed by atoms with van der Waals surface area (Å²) < 4.78 is 5.81. The highest BCUT2D eigenvalue weighted by atomic mass is 35.5. The number of amides is 1. The second kappa shape index (κ2) is 7.41. The lowest BCUT2D eigenvalue weighted by atomic mass is 10.1. The van der Waals surface area contributed by atoms with E-state index in [0.29, 0.717) is 39.1 Å². The van der Waals surface area contributed by atoms with Gasteiger partial charge in [-0.3, -0.25) is 4.79 Å². The van der Waals surface area contributed by atoms with Gasteiger partial charge in [0.1, 0.15) is 11.5 Å². The van der Waals surface area contributed by atoms with Crippen LogP contribution in [0.5, 0.6) is 0 Å². The van der Waals surface area contributed by atoms with Crippen LogP contribution in [0.25, 0.3) is 17.4 Å². The topological polar surface area (TPSA) is 83.1 Å². The molecule has 0 atom stereocenters. The molecule has 0 saturated carbocycles. The molecule has 0 saturated heterocycles. The van der Waals surface area contributed by atoms with Crippen LogP contribution < -0.4 is 5.01 Å². The summed E-state index contributed by atoms with van der Waals surface area (Å²) in [5, 5.41) is 15.4. The highest BCUT2D eigenvalue weighted by Gasteiger charge is 2.29. The number of hydrazone groups is 1. The number of anilines is 1. The predicted octanol–water partition coefficient (Wildman–Crippen LogP) is 5.10. The SMILES string of the molecule is CC1=NN(c2ccc(Cl)cc2)C(=O)C1=Cc1ccc(-c2cccc(C(=O)O)c2)o1. The van der Waals surface area contributed by atoms with Crippen molar-refractivity contribution in [1.29, 1.82) is 0 Å². The van der Waals surface area contributed by atoms with Crippen LogP contribution in [0.4, 0.5) is 5.69 Å². The molecular formula is C22H15ClN2O4. The molecule has 1 aliphatic rings. The summed E-state index contributed by atoms with van der Waals surface area (Å²) in [5.41, 5.74) is 2.41. The van der Waals surface area contributed by atoms with Crippen molar-refractivity contribution >= 4 is 41.0 Å². The Morgan fingerprint density at radius 3 is 2.62 bits per heavy atom. The van der Waals surface area contributed by atoms with Crippen molar-refractivity contribution in [2.75, 3.05) is 5.01 Å². The first-order valence-corrected chi connectivity index (χ1v) is 9.11. The number of carbonyl (C=O) groups is 2. The Morgan fingerprint density at radius 1 is 1.14 bits per heavy atom. The number of carboxylic acid groups (broad SMARTS) is 1. The average Bonchev–Trinajstić information content (AvgIpc) is 3.29. The number of hydrogen-bond donors (Lipinski definition) is 1. The maximum absolute atomic E-state index is 12.8. The first-order valence-electron chi connectivity index (χ1n) is 8.73. The molecule has 3 aromatic rings. The van der Waals surface area contributed by atoms with Gasteiger partial charge in [0.15, 0.2) is 0 Å². The minimum atomic E-state index is -1.01. The molecule has 0 aliphatic carbocycles. The molecule has 7 heteroatoms. The first-order chi connectivity index (χ1) is 13.9. The van der Waals surface area contributed by atoms with Gasteiger partial charge in [-0.25, -0.2) is 4.79 Å².